The zero-order valence-electron chi connectivity index (χ0n) is 13.2. The number of hydrogen-bond donors (Lipinski definition) is 1. The Morgan fingerprint density at radius 1 is 1.23 bits per heavy atom. The molecule has 0 saturated carbocycles. The van der Waals surface area contributed by atoms with Crippen LogP contribution >= 0.6 is 11.3 Å². The number of carbonyl (C=O) groups is 1. The Balaban J connectivity index is 1.94. The summed E-state index contributed by atoms with van der Waals surface area (Å²) in [6.07, 6.45) is 1.05. The van der Waals surface area contributed by atoms with Gasteiger partial charge in [0.2, 0.25) is 5.91 Å². The van der Waals surface area contributed by atoms with Crippen molar-refractivity contribution in [2.24, 2.45) is 0 Å². The molecule has 0 fully saturated rings. The lowest BCUT2D eigenvalue weighted by Gasteiger charge is -2.10. The molecule has 22 heavy (non-hydrogen) atoms. The molecule has 5 nitrogen and oxygen atoms in total. The largest absolute Gasteiger partial charge is 0.493 e. The predicted molar refractivity (Wildman–Crippen MR) is 88.1 cm³/mol. The minimum Gasteiger partial charge on any atom is -0.493 e. The smallest absolute Gasteiger partial charge is 0.224 e. The van der Waals surface area contributed by atoms with Gasteiger partial charge in [0.15, 0.2) is 11.5 Å². The molecule has 0 saturated heterocycles. The van der Waals surface area contributed by atoms with E-state index in [0.717, 1.165) is 10.7 Å². The zero-order valence-corrected chi connectivity index (χ0v) is 14.0. The molecule has 6 heteroatoms. The van der Waals surface area contributed by atoms with E-state index in [0.29, 0.717) is 30.0 Å². The van der Waals surface area contributed by atoms with Gasteiger partial charge in [-0.25, -0.2) is 4.98 Å². The van der Waals surface area contributed by atoms with Gasteiger partial charge in [-0.2, -0.15) is 0 Å². The van der Waals surface area contributed by atoms with Crippen molar-refractivity contribution in [1.29, 1.82) is 0 Å². The first-order valence-corrected chi connectivity index (χ1v) is 7.80. The monoisotopic (exact) mass is 320 g/mol. The molecule has 0 spiro atoms. The first-order chi connectivity index (χ1) is 10.5. The summed E-state index contributed by atoms with van der Waals surface area (Å²) in [4.78, 5) is 17.7. The van der Waals surface area contributed by atoms with Crippen LogP contribution in [0.1, 0.15) is 22.0 Å². The van der Waals surface area contributed by atoms with Crippen molar-refractivity contribution in [3.8, 4) is 11.5 Å². The van der Waals surface area contributed by atoms with Crippen molar-refractivity contribution in [2.75, 3.05) is 19.5 Å². The van der Waals surface area contributed by atoms with Gasteiger partial charge in [0.1, 0.15) is 0 Å². The van der Waals surface area contributed by atoms with E-state index in [1.54, 1.807) is 43.8 Å². The van der Waals surface area contributed by atoms with Crippen LogP contribution in [0.25, 0.3) is 0 Å². The summed E-state index contributed by atoms with van der Waals surface area (Å²) in [7, 11) is 3.14. The van der Waals surface area contributed by atoms with E-state index in [1.165, 1.54) is 4.88 Å². The molecule has 0 bridgehead atoms. The normalized spacial score (nSPS) is 10.4. The van der Waals surface area contributed by atoms with Gasteiger partial charge >= 0.3 is 0 Å². The molecular weight excluding hydrogens is 300 g/mol. The number of nitrogens with one attached hydrogen (secondary N) is 1. The summed E-state index contributed by atoms with van der Waals surface area (Å²) in [5.74, 6) is 1.18. The van der Waals surface area contributed by atoms with E-state index in [4.69, 9.17) is 9.47 Å². The summed E-state index contributed by atoms with van der Waals surface area (Å²) in [6.45, 7) is 4.03. The molecule has 1 aromatic heterocycles. The van der Waals surface area contributed by atoms with Crippen molar-refractivity contribution < 1.29 is 14.3 Å². The predicted octanol–water partition coefficient (Wildman–Crippen LogP) is 3.35. The summed E-state index contributed by atoms with van der Waals surface area (Å²) in [5.41, 5.74) is 1.73. The van der Waals surface area contributed by atoms with Crippen molar-refractivity contribution in [2.45, 2.75) is 26.7 Å². The Morgan fingerprint density at radius 2 is 1.95 bits per heavy atom. The third-order valence-electron chi connectivity index (χ3n) is 3.31. The maximum absolute atomic E-state index is 12.0. The second kappa shape index (κ2) is 7.26. The molecule has 118 valence electrons. The number of hydrogen-bond acceptors (Lipinski definition) is 5. The second-order valence-corrected chi connectivity index (χ2v) is 6.15. The van der Waals surface area contributed by atoms with Gasteiger partial charge in [-0.05, 0) is 26.0 Å². The Kier molecular flexibility index (Phi) is 5.38. The van der Waals surface area contributed by atoms with Gasteiger partial charge < -0.3 is 14.8 Å². The number of rotatable bonds is 6. The van der Waals surface area contributed by atoms with Crippen LogP contribution in [-0.2, 0) is 11.2 Å². The van der Waals surface area contributed by atoms with Crippen LogP contribution in [0.4, 0.5) is 5.69 Å². The quantitative estimate of drug-likeness (QED) is 0.886. The average Bonchev–Trinajstić information content (AvgIpc) is 2.83. The minimum absolute atomic E-state index is 0.0438. The SMILES string of the molecule is COc1ccc(NC(=O)CCc2nc(C)c(C)s2)cc1OC. The lowest BCUT2D eigenvalue weighted by atomic mass is 10.2. The molecule has 0 radical (unpaired) electrons. The molecule has 0 atom stereocenters. The van der Waals surface area contributed by atoms with E-state index < -0.39 is 0 Å². The molecular formula is C16H20N2O3S. The maximum Gasteiger partial charge on any atom is 0.224 e. The highest BCUT2D eigenvalue weighted by atomic mass is 32.1. The van der Waals surface area contributed by atoms with E-state index in [1.807, 2.05) is 13.8 Å². The van der Waals surface area contributed by atoms with Crippen LogP contribution in [0.15, 0.2) is 18.2 Å². The molecule has 1 aromatic carbocycles. The number of benzene rings is 1. The number of ether oxygens (including phenoxy) is 2. The summed E-state index contributed by atoms with van der Waals surface area (Å²) in [5, 5.41) is 3.86. The molecule has 1 heterocycles. The van der Waals surface area contributed by atoms with E-state index in [-0.39, 0.29) is 5.91 Å². The fourth-order valence-corrected chi connectivity index (χ4v) is 2.94. The highest BCUT2D eigenvalue weighted by molar-refractivity contribution is 7.11. The standard InChI is InChI=1S/C16H20N2O3S/c1-10-11(2)22-16(17-10)8-7-15(19)18-12-5-6-13(20-3)14(9-12)21-4/h5-6,9H,7-8H2,1-4H3,(H,18,19). The maximum atomic E-state index is 12.0. The number of anilines is 1. The lowest BCUT2D eigenvalue weighted by molar-refractivity contribution is -0.116. The molecule has 0 aliphatic heterocycles. The molecule has 0 aliphatic rings. The van der Waals surface area contributed by atoms with Gasteiger partial charge in [-0.15, -0.1) is 11.3 Å². The van der Waals surface area contributed by atoms with Crippen LogP contribution < -0.4 is 14.8 Å². The first kappa shape index (κ1) is 16.3. The molecule has 1 N–H and O–H groups in total. The van der Waals surface area contributed by atoms with Crippen LogP contribution in [0.3, 0.4) is 0 Å². The van der Waals surface area contributed by atoms with Gasteiger partial charge in [0.05, 0.1) is 24.9 Å². The van der Waals surface area contributed by atoms with Crippen molar-refractivity contribution >= 4 is 22.9 Å². The number of aryl methyl sites for hydroxylation is 3. The fourth-order valence-electron chi connectivity index (χ4n) is 2.00. The van der Waals surface area contributed by atoms with Gasteiger partial charge in [-0.3, -0.25) is 4.79 Å². The zero-order chi connectivity index (χ0) is 16.1. The van der Waals surface area contributed by atoms with Gasteiger partial charge in [0, 0.05) is 29.5 Å². The number of carbonyl (C=O) groups excluding carboxylic acids is 1. The van der Waals surface area contributed by atoms with Crippen LogP contribution in [0, 0.1) is 13.8 Å². The highest BCUT2D eigenvalue weighted by Crippen LogP contribution is 2.29. The van der Waals surface area contributed by atoms with E-state index >= 15 is 0 Å². The second-order valence-electron chi connectivity index (χ2n) is 4.87. The Morgan fingerprint density at radius 3 is 2.55 bits per heavy atom. The van der Waals surface area contributed by atoms with Crippen molar-refractivity contribution in [3.63, 3.8) is 0 Å². The molecule has 0 unspecified atom stereocenters. The first-order valence-electron chi connectivity index (χ1n) is 6.98. The number of thiazole rings is 1. The van der Waals surface area contributed by atoms with E-state index in [9.17, 15) is 4.79 Å². The number of nitrogens with zero attached hydrogens (tertiary/aromatic N) is 1. The van der Waals surface area contributed by atoms with Crippen molar-refractivity contribution in [1.82, 2.24) is 4.98 Å². The minimum atomic E-state index is -0.0438. The third-order valence-corrected chi connectivity index (χ3v) is 4.44. The highest BCUT2D eigenvalue weighted by Gasteiger charge is 2.09. The Hall–Kier alpha value is -2.08. The average molecular weight is 320 g/mol. The summed E-state index contributed by atoms with van der Waals surface area (Å²) < 4.78 is 10.4. The summed E-state index contributed by atoms with van der Waals surface area (Å²) in [6, 6.07) is 5.30. The fraction of sp³-hybridized carbons (Fsp3) is 0.375. The van der Waals surface area contributed by atoms with Crippen LogP contribution in [-0.4, -0.2) is 25.1 Å². The van der Waals surface area contributed by atoms with Crippen LogP contribution in [0.2, 0.25) is 0 Å². The number of methoxy groups -OCH3 is 2. The lowest BCUT2D eigenvalue weighted by Crippen LogP contribution is -2.12. The third kappa shape index (κ3) is 3.98. The van der Waals surface area contributed by atoms with Crippen LogP contribution in [0.5, 0.6) is 11.5 Å². The Bertz CT molecular complexity index is 648. The molecule has 2 aromatic rings. The van der Waals surface area contributed by atoms with Crippen molar-refractivity contribution in [3.05, 3.63) is 33.8 Å². The summed E-state index contributed by atoms with van der Waals surface area (Å²) >= 11 is 1.65. The number of amides is 1. The molecule has 2 rings (SSSR count). The molecule has 0 aliphatic carbocycles. The number of aromatic nitrogens is 1. The van der Waals surface area contributed by atoms with Gasteiger partial charge in [-0.1, -0.05) is 0 Å². The Labute approximate surface area is 134 Å². The van der Waals surface area contributed by atoms with E-state index in [2.05, 4.69) is 10.3 Å². The topological polar surface area (TPSA) is 60.5 Å². The molecule has 1 amide bonds. The van der Waals surface area contributed by atoms with Gasteiger partial charge in [0.25, 0.3) is 0 Å².